The maximum Gasteiger partial charge on any atom is 0.237 e. The van der Waals surface area contributed by atoms with Crippen LogP contribution in [0, 0.1) is 5.92 Å². The minimum Gasteiger partial charge on any atom is -0.352 e. The molecule has 0 aromatic carbocycles. The van der Waals surface area contributed by atoms with Gasteiger partial charge in [0.1, 0.15) is 0 Å². The molecule has 3 nitrogen and oxygen atoms in total. The molecule has 3 atom stereocenters. The highest BCUT2D eigenvalue weighted by molar-refractivity contribution is 5.82. The SMILES string of the molecule is CCC1CC1NC(=O)C1CCCCN1. The van der Waals surface area contributed by atoms with Gasteiger partial charge in [-0.25, -0.2) is 0 Å². The number of hydrogen-bond acceptors (Lipinski definition) is 2. The van der Waals surface area contributed by atoms with E-state index in [1.165, 1.54) is 25.7 Å². The molecule has 1 heterocycles. The Morgan fingerprint density at radius 2 is 2.36 bits per heavy atom. The second-order valence-corrected chi connectivity index (χ2v) is 4.52. The number of hydrogen-bond donors (Lipinski definition) is 2. The predicted molar refractivity (Wildman–Crippen MR) is 56.0 cm³/mol. The Labute approximate surface area is 85.6 Å². The number of carbonyl (C=O) groups excluding carboxylic acids is 1. The molecule has 2 rings (SSSR count). The zero-order valence-electron chi connectivity index (χ0n) is 8.88. The van der Waals surface area contributed by atoms with E-state index < -0.39 is 0 Å². The number of rotatable bonds is 3. The second-order valence-electron chi connectivity index (χ2n) is 4.52. The largest absolute Gasteiger partial charge is 0.352 e. The first kappa shape index (κ1) is 9.97. The molecule has 2 aliphatic rings. The molecule has 3 unspecified atom stereocenters. The van der Waals surface area contributed by atoms with Gasteiger partial charge in [0.15, 0.2) is 0 Å². The van der Waals surface area contributed by atoms with Crippen molar-refractivity contribution in [3.63, 3.8) is 0 Å². The van der Waals surface area contributed by atoms with Gasteiger partial charge in [-0.15, -0.1) is 0 Å². The molecule has 1 aliphatic heterocycles. The van der Waals surface area contributed by atoms with Crippen LogP contribution in [0.1, 0.15) is 39.0 Å². The van der Waals surface area contributed by atoms with Crippen LogP contribution >= 0.6 is 0 Å². The first-order valence-electron chi connectivity index (χ1n) is 5.85. The summed E-state index contributed by atoms with van der Waals surface area (Å²) in [6.45, 7) is 3.19. The third-order valence-electron chi connectivity index (χ3n) is 3.40. The van der Waals surface area contributed by atoms with Crippen LogP contribution in [0.15, 0.2) is 0 Å². The van der Waals surface area contributed by atoms with Gasteiger partial charge in [-0.05, 0) is 31.7 Å². The van der Waals surface area contributed by atoms with Crippen LogP contribution in [0.5, 0.6) is 0 Å². The molecule has 3 heteroatoms. The molecule has 1 saturated heterocycles. The summed E-state index contributed by atoms with van der Waals surface area (Å²) in [5.41, 5.74) is 0. The fourth-order valence-corrected chi connectivity index (χ4v) is 2.23. The summed E-state index contributed by atoms with van der Waals surface area (Å²) in [6.07, 6.45) is 5.80. The summed E-state index contributed by atoms with van der Waals surface area (Å²) in [4.78, 5) is 11.7. The van der Waals surface area contributed by atoms with Gasteiger partial charge >= 0.3 is 0 Å². The number of piperidine rings is 1. The molecule has 0 spiro atoms. The Balaban J connectivity index is 1.72. The van der Waals surface area contributed by atoms with Gasteiger partial charge in [-0.1, -0.05) is 19.8 Å². The molecule has 0 aromatic heterocycles. The van der Waals surface area contributed by atoms with E-state index in [0.717, 1.165) is 18.9 Å². The summed E-state index contributed by atoms with van der Waals surface area (Å²) in [5.74, 6) is 0.980. The Morgan fingerprint density at radius 1 is 1.50 bits per heavy atom. The molecule has 0 radical (unpaired) electrons. The van der Waals surface area contributed by atoms with Crippen LogP contribution in [-0.4, -0.2) is 24.5 Å². The minimum atomic E-state index is 0.0851. The molecule has 0 bridgehead atoms. The van der Waals surface area contributed by atoms with E-state index in [9.17, 15) is 4.79 Å². The Kier molecular flexibility index (Phi) is 3.06. The Bertz CT molecular complexity index is 211. The van der Waals surface area contributed by atoms with Crippen molar-refractivity contribution in [1.82, 2.24) is 10.6 Å². The summed E-state index contributed by atoms with van der Waals surface area (Å²) < 4.78 is 0. The van der Waals surface area contributed by atoms with Crippen molar-refractivity contribution >= 4 is 5.91 Å². The lowest BCUT2D eigenvalue weighted by Crippen LogP contribution is -2.47. The molecule has 1 amide bonds. The van der Waals surface area contributed by atoms with E-state index in [2.05, 4.69) is 17.6 Å². The fraction of sp³-hybridized carbons (Fsp3) is 0.909. The van der Waals surface area contributed by atoms with Gasteiger partial charge in [-0.2, -0.15) is 0 Å². The monoisotopic (exact) mass is 196 g/mol. The molecular formula is C11H20N2O. The fourth-order valence-electron chi connectivity index (χ4n) is 2.23. The molecule has 0 aromatic rings. The van der Waals surface area contributed by atoms with Crippen LogP contribution in [-0.2, 0) is 4.79 Å². The van der Waals surface area contributed by atoms with Gasteiger partial charge < -0.3 is 10.6 Å². The minimum absolute atomic E-state index is 0.0851. The summed E-state index contributed by atoms with van der Waals surface area (Å²) >= 11 is 0. The molecule has 80 valence electrons. The van der Waals surface area contributed by atoms with Crippen molar-refractivity contribution in [2.75, 3.05) is 6.54 Å². The third-order valence-corrected chi connectivity index (χ3v) is 3.40. The number of amides is 1. The number of nitrogens with one attached hydrogen (secondary N) is 2. The van der Waals surface area contributed by atoms with E-state index >= 15 is 0 Å². The highest BCUT2D eigenvalue weighted by atomic mass is 16.2. The average Bonchev–Trinajstić information content (AvgIpc) is 2.98. The van der Waals surface area contributed by atoms with Crippen LogP contribution in [0.3, 0.4) is 0 Å². The number of carbonyl (C=O) groups is 1. The quantitative estimate of drug-likeness (QED) is 0.708. The first-order valence-corrected chi connectivity index (χ1v) is 5.85. The van der Waals surface area contributed by atoms with E-state index in [-0.39, 0.29) is 11.9 Å². The van der Waals surface area contributed by atoms with Gasteiger partial charge in [0, 0.05) is 6.04 Å². The summed E-state index contributed by atoms with van der Waals surface area (Å²) in [5, 5.41) is 6.40. The van der Waals surface area contributed by atoms with E-state index in [4.69, 9.17) is 0 Å². The highest BCUT2D eigenvalue weighted by Crippen LogP contribution is 2.33. The van der Waals surface area contributed by atoms with Gasteiger partial charge in [-0.3, -0.25) is 4.79 Å². The van der Waals surface area contributed by atoms with Gasteiger partial charge in [0.2, 0.25) is 5.91 Å². The second kappa shape index (κ2) is 4.30. The van der Waals surface area contributed by atoms with Gasteiger partial charge in [0.05, 0.1) is 6.04 Å². The molecule has 2 N–H and O–H groups in total. The zero-order chi connectivity index (χ0) is 9.97. The maximum absolute atomic E-state index is 11.7. The predicted octanol–water partition coefficient (Wildman–Crippen LogP) is 1.04. The molecule has 1 saturated carbocycles. The standard InChI is InChI=1S/C11H20N2O/c1-2-8-7-10(8)13-11(14)9-5-3-4-6-12-9/h8-10,12H,2-7H2,1H3,(H,13,14). The topological polar surface area (TPSA) is 41.1 Å². The van der Waals surface area contributed by atoms with Crippen molar-refractivity contribution in [2.24, 2.45) is 5.92 Å². The smallest absolute Gasteiger partial charge is 0.237 e. The highest BCUT2D eigenvalue weighted by Gasteiger charge is 2.37. The van der Waals surface area contributed by atoms with Crippen molar-refractivity contribution < 1.29 is 4.79 Å². The van der Waals surface area contributed by atoms with Crippen LogP contribution in [0.25, 0.3) is 0 Å². The molecule has 1 aliphatic carbocycles. The van der Waals surface area contributed by atoms with Crippen LogP contribution in [0.2, 0.25) is 0 Å². The van der Waals surface area contributed by atoms with Gasteiger partial charge in [0.25, 0.3) is 0 Å². The van der Waals surface area contributed by atoms with Crippen molar-refractivity contribution in [3.05, 3.63) is 0 Å². The first-order chi connectivity index (χ1) is 6.81. The van der Waals surface area contributed by atoms with Crippen LogP contribution in [0.4, 0.5) is 0 Å². The average molecular weight is 196 g/mol. The van der Waals surface area contributed by atoms with E-state index in [1.54, 1.807) is 0 Å². The Morgan fingerprint density at radius 3 is 2.93 bits per heavy atom. The zero-order valence-corrected chi connectivity index (χ0v) is 8.88. The lowest BCUT2D eigenvalue weighted by molar-refractivity contribution is -0.123. The lowest BCUT2D eigenvalue weighted by Gasteiger charge is -2.22. The normalized spacial score (nSPS) is 36.5. The lowest BCUT2D eigenvalue weighted by atomic mass is 10.0. The van der Waals surface area contributed by atoms with Crippen LogP contribution < -0.4 is 10.6 Å². The summed E-state index contributed by atoms with van der Waals surface area (Å²) in [6, 6.07) is 0.568. The molecule has 2 fully saturated rings. The van der Waals surface area contributed by atoms with Crippen molar-refractivity contribution in [2.45, 2.75) is 51.1 Å². The molecular weight excluding hydrogens is 176 g/mol. The van der Waals surface area contributed by atoms with Crippen molar-refractivity contribution in [3.8, 4) is 0 Å². The van der Waals surface area contributed by atoms with E-state index in [1.807, 2.05) is 0 Å². The van der Waals surface area contributed by atoms with Crippen molar-refractivity contribution in [1.29, 1.82) is 0 Å². The third kappa shape index (κ3) is 2.27. The summed E-state index contributed by atoms with van der Waals surface area (Å²) in [7, 11) is 0. The Hall–Kier alpha value is -0.570. The molecule has 14 heavy (non-hydrogen) atoms. The van der Waals surface area contributed by atoms with E-state index in [0.29, 0.717) is 6.04 Å². The maximum atomic E-state index is 11.7.